The van der Waals surface area contributed by atoms with Crippen LogP contribution < -0.4 is 5.56 Å². The van der Waals surface area contributed by atoms with Crippen LogP contribution in [0, 0.1) is 0 Å². The van der Waals surface area contributed by atoms with Gasteiger partial charge in [-0.15, -0.1) is 0 Å². The average Bonchev–Trinajstić information content (AvgIpc) is 3.13. The molecule has 0 saturated carbocycles. The number of phenolic OH excluding ortho intramolecular Hbond substituents is 1. The van der Waals surface area contributed by atoms with Crippen molar-refractivity contribution < 1.29 is 28.9 Å². The lowest BCUT2D eigenvalue weighted by Gasteiger charge is -2.32. The molecule has 0 bridgehead atoms. The average molecular weight is 483 g/mol. The number of nitrogens with zero attached hydrogens (tertiary/aromatic N) is 3. The van der Waals surface area contributed by atoms with E-state index in [2.05, 4.69) is 0 Å². The Bertz CT molecular complexity index is 1420. The van der Waals surface area contributed by atoms with Gasteiger partial charge < -0.3 is 24.6 Å². The summed E-state index contributed by atoms with van der Waals surface area (Å²) in [4.78, 5) is 32.7. The fourth-order valence-electron chi connectivity index (χ4n) is 4.93. The Balaban J connectivity index is 1.81. The maximum Gasteiger partial charge on any atom is 0.343 e. The van der Waals surface area contributed by atoms with Gasteiger partial charge in [0.1, 0.15) is 19.0 Å². The van der Waals surface area contributed by atoms with Crippen molar-refractivity contribution in [2.75, 3.05) is 27.4 Å². The Kier molecular flexibility index (Phi) is 5.62. The molecular weight excluding hydrogens is 457 g/mol. The highest BCUT2D eigenvalue weighted by molar-refractivity contribution is 5.89. The molecule has 2 aromatic heterocycles. The maximum atomic E-state index is 13.6. The van der Waals surface area contributed by atoms with Crippen LogP contribution in [-0.4, -0.2) is 58.0 Å². The van der Waals surface area contributed by atoms with Crippen molar-refractivity contribution in [3.05, 3.63) is 56.9 Å². The summed E-state index contributed by atoms with van der Waals surface area (Å²) in [6.07, 6.45) is -0.943. The first-order valence-electron chi connectivity index (χ1n) is 11.4. The number of hydrogen-bond acceptors (Lipinski definition) is 8. The molecule has 35 heavy (non-hydrogen) atoms. The number of ether oxygens (including phenoxy) is 2. The molecule has 1 unspecified atom stereocenters. The van der Waals surface area contributed by atoms with E-state index in [9.17, 15) is 24.2 Å². The second-order valence-corrected chi connectivity index (χ2v) is 9.09. The monoisotopic (exact) mass is 483 g/mol. The SMILES string of the molecule is CC[C@@]1(O)C(=O)OCc2c1cc1n(c2=O)C(OCCF)c2cc3c(CN(C)C)c(O)ccc3nc2-1. The molecule has 3 aromatic rings. The molecule has 0 radical (unpaired) electrons. The molecule has 0 spiro atoms. The minimum atomic E-state index is -1.96. The van der Waals surface area contributed by atoms with Crippen molar-refractivity contribution in [3.63, 3.8) is 0 Å². The molecule has 2 atom stereocenters. The Labute approximate surface area is 200 Å². The van der Waals surface area contributed by atoms with Crippen LogP contribution in [0.2, 0.25) is 0 Å². The van der Waals surface area contributed by atoms with E-state index < -0.39 is 30.0 Å². The van der Waals surface area contributed by atoms with Gasteiger partial charge in [-0.25, -0.2) is 14.2 Å². The number of cyclic esters (lactones) is 1. The Hall–Kier alpha value is -3.34. The zero-order chi connectivity index (χ0) is 25.1. The van der Waals surface area contributed by atoms with Crippen molar-refractivity contribution in [3.8, 4) is 17.1 Å². The van der Waals surface area contributed by atoms with E-state index in [1.165, 1.54) is 4.57 Å². The van der Waals surface area contributed by atoms with Gasteiger partial charge in [0.05, 0.1) is 29.1 Å². The van der Waals surface area contributed by atoms with E-state index in [1.807, 2.05) is 19.0 Å². The lowest BCUT2D eigenvalue weighted by atomic mass is 9.86. The summed E-state index contributed by atoms with van der Waals surface area (Å²) in [6.45, 7) is 0.806. The van der Waals surface area contributed by atoms with Crippen LogP contribution in [0.15, 0.2) is 29.1 Å². The second-order valence-electron chi connectivity index (χ2n) is 9.09. The van der Waals surface area contributed by atoms with Crippen LogP contribution in [-0.2, 0) is 33.0 Å². The Morgan fingerprint density at radius 3 is 2.77 bits per heavy atom. The van der Waals surface area contributed by atoms with E-state index in [4.69, 9.17) is 14.5 Å². The molecule has 4 heterocycles. The number of hydrogen-bond donors (Lipinski definition) is 2. The quantitative estimate of drug-likeness (QED) is 0.514. The summed E-state index contributed by atoms with van der Waals surface area (Å²) >= 11 is 0. The predicted octanol–water partition coefficient (Wildman–Crippen LogP) is 2.33. The number of halogens is 1. The van der Waals surface area contributed by atoms with Gasteiger partial charge in [0.2, 0.25) is 0 Å². The highest BCUT2D eigenvalue weighted by atomic mass is 19.1. The molecule has 10 heteroatoms. The number of benzene rings is 1. The van der Waals surface area contributed by atoms with Gasteiger partial charge in [-0.05, 0) is 44.8 Å². The highest BCUT2D eigenvalue weighted by Crippen LogP contribution is 2.44. The highest BCUT2D eigenvalue weighted by Gasteiger charge is 2.46. The van der Waals surface area contributed by atoms with E-state index in [0.29, 0.717) is 40.0 Å². The topological polar surface area (TPSA) is 114 Å². The van der Waals surface area contributed by atoms with Gasteiger partial charge >= 0.3 is 5.97 Å². The van der Waals surface area contributed by atoms with Crippen LogP contribution in [0.25, 0.3) is 22.3 Å². The zero-order valence-corrected chi connectivity index (χ0v) is 19.7. The van der Waals surface area contributed by atoms with Crippen molar-refractivity contribution in [2.45, 2.75) is 38.3 Å². The standard InChI is InChI=1S/C25H26FN3O6/c1-4-25(33)17-10-19-21-14(9-13-15(11-28(2)3)20(30)6-5-18(13)27-21)23(34-8-7-26)29(19)22(31)16(17)12-35-24(25)32/h5-6,9-10,23,30,33H,4,7-8,11-12H2,1-3H3/t23?,25-/m0/s1. The number of pyridine rings is 2. The number of aliphatic hydroxyl groups is 1. The largest absolute Gasteiger partial charge is 0.508 e. The summed E-state index contributed by atoms with van der Waals surface area (Å²) in [7, 11) is 3.76. The molecule has 0 fully saturated rings. The van der Waals surface area contributed by atoms with E-state index in [-0.39, 0.29) is 36.5 Å². The van der Waals surface area contributed by atoms with Gasteiger partial charge in [-0.2, -0.15) is 0 Å². The molecule has 1 aromatic carbocycles. The summed E-state index contributed by atoms with van der Waals surface area (Å²) in [5.74, 6) is -0.698. The zero-order valence-electron chi connectivity index (χ0n) is 19.7. The van der Waals surface area contributed by atoms with Crippen LogP contribution >= 0.6 is 0 Å². The summed E-state index contributed by atoms with van der Waals surface area (Å²) < 4.78 is 25.4. The van der Waals surface area contributed by atoms with Crippen molar-refractivity contribution in [2.24, 2.45) is 0 Å². The number of aromatic hydroxyl groups is 1. The van der Waals surface area contributed by atoms with Crippen LogP contribution in [0.5, 0.6) is 5.75 Å². The van der Waals surface area contributed by atoms with Gasteiger partial charge in [0.15, 0.2) is 11.8 Å². The molecule has 0 amide bonds. The normalized spacial score (nSPS) is 20.6. The molecule has 184 valence electrons. The molecule has 0 aliphatic carbocycles. The fourth-order valence-corrected chi connectivity index (χ4v) is 4.93. The predicted molar refractivity (Wildman–Crippen MR) is 125 cm³/mol. The number of phenols is 1. The molecular formula is C25H26FN3O6. The maximum absolute atomic E-state index is 13.6. The van der Waals surface area contributed by atoms with E-state index >= 15 is 0 Å². The minimum Gasteiger partial charge on any atom is -0.508 e. The number of carbonyl (C=O) groups excluding carboxylic acids is 1. The van der Waals surface area contributed by atoms with Crippen LogP contribution in [0.1, 0.15) is 41.8 Å². The molecule has 9 nitrogen and oxygen atoms in total. The number of carbonyl (C=O) groups is 1. The third-order valence-electron chi connectivity index (χ3n) is 6.67. The first-order valence-corrected chi connectivity index (χ1v) is 11.4. The first-order chi connectivity index (χ1) is 16.7. The third kappa shape index (κ3) is 3.43. The molecule has 0 saturated heterocycles. The van der Waals surface area contributed by atoms with Gasteiger partial charge in [0.25, 0.3) is 5.56 Å². The Morgan fingerprint density at radius 2 is 2.09 bits per heavy atom. The summed E-state index contributed by atoms with van der Waals surface area (Å²) in [5, 5.41) is 22.3. The second kappa shape index (κ2) is 8.40. The first kappa shape index (κ1) is 23.4. The molecule has 5 rings (SSSR count). The smallest absolute Gasteiger partial charge is 0.343 e. The lowest BCUT2D eigenvalue weighted by Crippen LogP contribution is -2.44. The van der Waals surface area contributed by atoms with E-state index in [1.54, 1.807) is 31.2 Å². The minimum absolute atomic E-state index is 0.0225. The molecule has 2 aliphatic heterocycles. The Morgan fingerprint density at radius 1 is 1.31 bits per heavy atom. The summed E-state index contributed by atoms with van der Waals surface area (Å²) in [6, 6.07) is 6.63. The number of alkyl halides is 1. The van der Waals surface area contributed by atoms with Crippen LogP contribution in [0.3, 0.4) is 0 Å². The van der Waals surface area contributed by atoms with Crippen molar-refractivity contribution in [1.82, 2.24) is 14.5 Å². The van der Waals surface area contributed by atoms with E-state index in [0.717, 1.165) is 0 Å². The van der Waals surface area contributed by atoms with Crippen molar-refractivity contribution in [1.29, 1.82) is 0 Å². The number of fused-ring (bicyclic) bond motifs is 5. The number of aromatic nitrogens is 2. The third-order valence-corrected chi connectivity index (χ3v) is 6.67. The lowest BCUT2D eigenvalue weighted by molar-refractivity contribution is -0.172. The fraction of sp³-hybridized carbons (Fsp3) is 0.400. The van der Waals surface area contributed by atoms with Crippen LogP contribution in [0.4, 0.5) is 4.39 Å². The molecule has 2 N–H and O–H groups in total. The van der Waals surface area contributed by atoms with Gasteiger partial charge in [-0.3, -0.25) is 9.36 Å². The van der Waals surface area contributed by atoms with Gasteiger partial charge in [-0.1, -0.05) is 6.92 Å². The number of esters is 1. The van der Waals surface area contributed by atoms with Crippen molar-refractivity contribution >= 4 is 16.9 Å². The molecule has 2 aliphatic rings. The summed E-state index contributed by atoms with van der Waals surface area (Å²) in [5.41, 5.74) is 0.448. The van der Waals surface area contributed by atoms with Gasteiger partial charge in [0, 0.05) is 28.6 Å². The number of rotatable bonds is 6.